The normalized spacial score (nSPS) is 12.0. The summed E-state index contributed by atoms with van der Waals surface area (Å²) in [7, 11) is -1.85. The van der Waals surface area contributed by atoms with Crippen molar-refractivity contribution in [2.45, 2.75) is 10.6 Å². The monoisotopic (exact) mass is 370 g/mol. The Morgan fingerprint density at radius 1 is 1.12 bits per heavy atom. The highest BCUT2D eigenvalue weighted by Gasteiger charge is 2.18. The Morgan fingerprint density at radius 2 is 1.96 bits per heavy atom. The minimum atomic E-state index is -3.53. The molecule has 0 aliphatic carbocycles. The van der Waals surface area contributed by atoms with Gasteiger partial charge in [-0.05, 0) is 35.9 Å². The predicted octanol–water partition coefficient (Wildman–Crippen LogP) is 3.12. The van der Waals surface area contributed by atoms with Crippen LogP contribution in [0.4, 0.5) is 0 Å². The number of nitrogens with zero attached hydrogens (tertiary/aromatic N) is 2. The van der Waals surface area contributed by atoms with Crippen LogP contribution in [0.15, 0.2) is 64.4 Å². The highest BCUT2D eigenvalue weighted by Crippen LogP contribution is 2.26. The average Bonchev–Trinajstić information content (AvgIpc) is 2.89. The maximum Gasteiger partial charge on any atom is 0.307 e. The molecule has 2 heterocycles. The molecular weight excluding hydrogens is 356 g/mol. The molecule has 2 aromatic heterocycles. The molecule has 0 fully saturated rings. The molecule has 25 heavy (non-hydrogen) atoms. The zero-order valence-electron chi connectivity index (χ0n) is 13.3. The fourth-order valence-corrected chi connectivity index (χ4v) is 5.28. The van der Waals surface area contributed by atoms with E-state index in [0.29, 0.717) is 10.3 Å². The van der Waals surface area contributed by atoms with Crippen molar-refractivity contribution in [3.05, 3.63) is 70.0 Å². The summed E-state index contributed by atoms with van der Waals surface area (Å²) in [6.45, 7) is 0. The number of hydrogen-bond donors (Lipinski definition) is 0. The Balaban J connectivity index is 1.80. The lowest BCUT2D eigenvalue weighted by molar-refractivity contribution is 0.595. The Morgan fingerprint density at radius 3 is 2.80 bits per heavy atom. The summed E-state index contributed by atoms with van der Waals surface area (Å²) in [5.74, 6) is -0.108. The van der Waals surface area contributed by atoms with E-state index in [-0.39, 0.29) is 15.5 Å². The van der Waals surface area contributed by atoms with Gasteiger partial charge in [0.25, 0.3) is 0 Å². The fraction of sp³-hybridized carbons (Fsp3) is 0.111. The number of hydrogen-bond acceptors (Lipinski definition) is 5. The van der Waals surface area contributed by atoms with E-state index >= 15 is 0 Å². The SMILES string of the molecule is Cn1c(=O)sc2cc(S(=O)(=O)Cc3cccc4ncccc34)ccc21. The van der Waals surface area contributed by atoms with Crippen molar-refractivity contribution in [1.29, 1.82) is 0 Å². The van der Waals surface area contributed by atoms with Crippen LogP contribution in [0.2, 0.25) is 0 Å². The fourth-order valence-electron chi connectivity index (χ4n) is 2.89. The number of aryl methyl sites for hydroxylation is 1. The zero-order valence-corrected chi connectivity index (χ0v) is 15.0. The van der Waals surface area contributed by atoms with Crippen molar-refractivity contribution in [2.24, 2.45) is 7.05 Å². The van der Waals surface area contributed by atoms with Gasteiger partial charge in [0.2, 0.25) is 0 Å². The van der Waals surface area contributed by atoms with Crippen LogP contribution in [0.3, 0.4) is 0 Å². The number of benzene rings is 2. The lowest BCUT2D eigenvalue weighted by Gasteiger charge is -2.08. The summed E-state index contributed by atoms with van der Waals surface area (Å²) >= 11 is 1.05. The second kappa shape index (κ2) is 5.79. The smallest absolute Gasteiger partial charge is 0.302 e. The Hall–Kier alpha value is -2.51. The molecule has 0 N–H and O–H groups in total. The van der Waals surface area contributed by atoms with E-state index in [2.05, 4.69) is 4.98 Å². The van der Waals surface area contributed by atoms with Gasteiger partial charge in [0.1, 0.15) is 0 Å². The van der Waals surface area contributed by atoms with Crippen molar-refractivity contribution in [3.63, 3.8) is 0 Å². The summed E-state index contributed by atoms with van der Waals surface area (Å²) in [5, 5.41) is 0.832. The maximum atomic E-state index is 12.9. The van der Waals surface area contributed by atoms with Gasteiger partial charge in [-0.2, -0.15) is 0 Å². The second-order valence-electron chi connectivity index (χ2n) is 5.80. The molecule has 0 unspecified atom stereocenters. The first-order valence-electron chi connectivity index (χ1n) is 7.61. The summed E-state index contributed by atoms with van der Waals surface area (Å²) in [6.07, 6.45) is 1.69. The molecule has 0 atom stereocenters. The van der Waals surface area contributed by atoms with E-state index < -0.39 is 9.84 Å². The molecule has 0 amide bonds. The van der Waals surface area contributed by atoms with Crippen molar-refractivity contribution < 1.29 is 8.42 Å². The first-order chi connectivity index (χ1) is 12.0. The lowest BCUT2D eigenvalue weighted by Crippen LogP contribution is -2.07. The first kappa shape index (κ1) is 16.0. The molecule has 0 bridgehead atoms. The Bertz CT molecular complexity index is 1270. The van der Waals surface area contributed by atoms with Gasteiger partial charge in [-0.1, -0.05) is 29.5 Å². The van der Waals surface area contributed by atoms with Crippen molar-refractivity contribution >= 4 is 42.3 Å². The third-order valence-corrected chi connectivity index (χ3v) is 6.86. The van der Waals surface area contributed by atoms with Crippen molar-refractivity contribution in [2.75, 3.05) is 0 Å². The topological polar surface area (TPSA) is 69.0 Å². The Kier molecular flexibility index (Phi) is 3.70. The van der Waals surface area contributed by atoms with Gasteiger partial charge in [0.05, 0.1) is 26.4 Å². The van der Waals surface area contributed by atoms with Crippen LogP contribution in [-0.2, 0) is 22.6 Å². The van der Waals surface area contributed by atoms with Gasteiger partial charge in [-0.15, -0.1) is 0 Å². The lowest BCUT2D eigenvalue weighted by atomic mass is 10.1. The van der Waals surface area contributed by atoms with Crippen LogP contribution in [0, 0.1) is 0 Å². The third-order valence-electron chi connectivity index (χ3n) is 4.20. The van der Waals surface area contributed by atoms with E-state index in [0.717, 1.165) is 27.8 Å². The van der Waals surface area contributed by atoms with Gasteiger partial charge >= 0.3 is 4.87 Å². The minimum absolute atomic E-state index is 0.107. The van der Waals surface area contributed by atoms with Gasteiger partial charge in [0, 0.05) is 18.6 Å². The molecule has 0 saturated carbocycles. The average molecular weight is 370 g/mol. The van der Waals surface area contributed by atoms with E-state index in [1.165, 1.54) is 4.57 Å². The highest BCUT2D eigenvalue weighted by atomic mass is 32.2. The molecule has 0 radical (unpaired) electrons. The van der Waals surface area contributed by atoms with E-state index in [1.807, 2.05) is 18.2 Å². The number of sulfone groups is 1. The summed E-state index contributed by atoms with van der Waals surface area (Å²) in [5.41, 5.74) is 2.22. The van der Waals surface area contributed by atoms with E-state index in [9.17, 15) is 13.2 Å². The van der Waals surface area contributed by atoms with Crippen molar-refractivity contribution in [1.82, 2.24) is 9.55 Å². The number of rotatable bonds is 3. The zero-order chi connectivity index (χ0) is 17.6. The van der Waals surface area contributed by atoms with Crippen molar-refractivity contribution in [3.8, 4) is 0 Å². The summed E-state index contributed by atoms with van der Waals surface area (Å²) in [4.78, 5) is 16.1. The van der Waals surface area contributed by atoms with E-state index in [4.69, 9.17) is 0 Å². The molecule has 0 aliphatic heterocycles. The minimum Gasteiger partial charge on any atom is -0.302 e. The van der Waals surface area contributed by atoms with Gasteiger partial charge < -0.3 is 4.57 Å². The molecule has 0 saturated heterocycles. The number of pyridine rings is 1. The van der Waals surface area contributed by atoms with Gasteiger partial charge in [-0.25, -0.2) is 8.42 Å². The molecule has 5 nitrogen and oxygen atoms in total. The van der Waals surface area contributed by atoms with Crippen LogP contribution >= 0.6 is 11.3 Å². The molecule has 4 aromatic rings. The predicted molar refractivity (Wildman–Crippen MR) is 99.7 cm³/mol. The molecule has 2 aromatic carbocycles. The molecule has 0 spiro atoms. The second-order valence-corrected chi connectivity index (χ2v) is 8.79. The largest absolute Gasteiger partial charge is 0.307 e. The van der Waals surface area contributed by atoms with Crippen LogP contribution in [-0.4, -0.2) is 18.0 Å². The quantitative estimate of drug-likeness (QED) is 0.556. The number of thiazole rings is 1. The van der Waals surface area contributed by atoms with Gasteiger partial charge in [-0.3, -0.25) is 9.78 Å². The first-order valence-corrected chi connectivity index (χ1v) is 10.1. The standard InChI is InChI=1S/C18H14N2O3S2/c1-20-16-8-7-13(10-17(16)24-18(20)21)25(22,23)11-12-4-2-6-15-14(12)5-3-9-19-15/h2-10H,11H2,1H3. The molecule has 4 rings (SSSR count). The van der Waals surface area contributed by atoms with Crippen LogP contribution in [0.5, 0.6) is 0 Å². The molecular formula is C18H14N2O3S2. The number of fused-ring (bicyclic) bond motifs is 2. The third kappa shape index (κ3) is 2.75. The summed E-state index contributed by atoms with van der Waals surface area (Å²) < 4.78 is 28.0. The van der Waals surface area contributed by atoms with Crippen LogP contribution in [0.25, 0.3) is 21.1 Å². The summed E-state index contributed by atoms with van der Waals surface area (Å²) in [6, 6.07) is 14.0. The molecule has 0 aliphatic rings. The van der Waals surface area contributed by atoms with E-state index in [1.54, 1.807) is 43.6 Å². The molecule has 7 heteroatoms. The van der Waals surface area contributed by atoms with Gasteiger partial charge in [0.15, 0.2) is 9.84 Å². The Labute approximate surface area is 148 Å². The molecule has 126 valence electrons. The van der Waals surface area contributed by atoms with Crippen LogP contribution < -0.4 is 4.87 Å². The maximum absolute atomic E-state index is 12.9. The van der Waals surface area contributed by atoms with Crippen LogP contribution in [0.1, 0.15) is 5.56 Å². The number of aromatic nitrogens is 2. The highest BCUT2D eigenvalue weighted by molar-refractivity contribution is 7.90.